The number of hydrogen-bond donors (Lipinski definition) is 3. The summed E-state index contributed by atoms with van der Waals surface area (Å²) in [5, 5.41) is 2.60. The lowest BCUT2D eigenvalue weighted by Crippen LogP contribution is -2.24. The molecular weight excluding hydrogens is 221 g/mol. The molecule has 0 aliphatic rings. The highest BCUT2D eigenvalue weighted by atomic mass is 19.4. The van der Waals surface area contributed by atoms with Crippen LogP contribution in [0.2, 0.25) is 0 Å². The fourth-order valence-electron chi connectivity index (χ4n) is 1.22. The zero-order chi connectivity index (χ0) is 12.3. The third kappa shape index (κ3) is 3.84. The summed E-state index contributed by atoms with van der Waals surface area (Å²) in [5.41, 5.74) is 11.2. The first-order valence-electron chi connectivity index (χ1n) is 4.63. The molecule has 16 heavy (non-hydrogen) atoms. The number of nitrogens with two attached hydrogens (primary N) is 2. The van der Waals surface area contributed by atoms with Crippen molar-refractivity contribution in [2.75, 3.05) is 16.8 Å². The predicted octanol–water partition coefficient (Wildman–Crippen LogP) is 2.00. The van der Waals surface area contributed by atoms with Crippen molar-refractivity contribution in [3.8, 4) is 0 Å². The van der Waals surface area contributed by atoms with Crippen molar-refractivity contribution >= 4 is 17.3 Å². The zero-order valence-corrected chi connectivity index (χ0v) is 8.67. The molecule has 0 radical (unpaired) electrons. The first-order valence-corrected chi connectivity index (χ1v) is 4.63. The van der Waals surface area contributed by atoms with Crippen molar-refractivity contribution in [3.63, 3.8) is 0 Å². The van der Waals surface area contributed by atoms with E-state index in [2.05, 4.69) is 10.3 Å². The van der Waals surface area contributed by atoms with Gasteiger partial charge in [-0.25, -0.2) is 4.98 Å². The number of nitrogen functional groups attached to an aromatic ring is 2. The number of pyridine rings is 1. The van der Waals surface area contributed by atoms with Crippen LogP contribution in [0.4, 0.5) is 30.5 Å². The van der Waals surface area contributed by atoms with Crippen molar-refractivity contribution < 1.29 is 13.2 Å². The second-order valence-corrected chi connectivity index (χ2v) is 3.54. The highest BCUT2D eigenvalue weighted by Crippen LogP contribution is 2.23. The molecule has 0 aliphatic carbocycles. The minimum atomic E-state index is -4.20. The normalized spacial score (nSPS) is 13.5. The molecule has 7 heteroatoms. The second kappa shape index (κ2) is 4.46. The van der Waals surface area contributed by atoms with E-state index in [1.165, 1.54) is 19.1 Å². The Morgan fingerprint density at radius 1 is 1.38 bits per heavy atom. The van der Waals surface area contributed by atoms with Gasteiger partial charge in [-0.3, -0.25) is 0 Å². The van der Waals surface area contributed by atoms with Gasteiger partial charge < -0.3 is 16.8 Å². The van der Waals surface area contributed by atoms with E-state index in [0.717, 1.165) is 0 Å². The molecule has 0 spiro atoms. The average Bonchev–Trinajstić information content (AvgIpc) is 2.08. The summed E-state index contributed by atoms with van der Waals surface area (Å²) in [7, 11) is 0. The summed E-state index contributed by atoms with van der Waals surface area (Å²) in [6, 6.07) is 2.21. The highest BCUT2D eigenvalue weighted by Gasteiger charge is 2.30. The smallest absolute Gasteiger partial charge is 0.391 e. The van der Waals surface area contributed by atoms with Crippen LogP contribution in [-0.4, -0.2) is 17.2 Å². The summed E-state index contributed by atoms with van der Waals surface area (Å²) in [4.78, 5) is 3.82. The van der Waals surface area contributed by atoms with Crippen LogP contribution in [0.1, 0.15) is 13.3 Å². The van der Waals surface area contributed by atoms with Gasteiger partial charge in [-0.05, 0) is 19.1 Å². The molecule has 0 bridgehead atoms. The molecule has 0 amide bonds. The van der Waals surface area contributed by atoms with Crippen LogP contribution in [0.15, 0.2) is 12.1 Å². The Morgan fingerprint density at radius 3 is 2.50 bits per heavy atom. The fourth-order valence-corrected chi connectivity index (χ4v) is 1.22. The summed E-state index contributed by atoms with van der Waals surface area (Å²) in [6.45, 7) is 1.42. The standard InChI is InChI=1S/C9H13F3N4/c1-5(4-9(10,11)12)15-7-3-2-6(13)8(14)16-7/h2-3,5H,4,13H2,1H3,(H3,14,15,16). The Hall–Kier alpha value is -1.66. The number of nitrogens with one attached hydrogen (secondary N) is 1. The quantitative estimate of drug-likeness (QED) is 0.747. The number of rotatable bonds is 3. The van der Waals surface area contributed by atoms with Crippen LogP contribution >= 0.6 is 0 Å². The topological polar surface area (TPSA) is 77.0 Å². The van der Waals surface area contributed by atoms with Crippen molar-refractivity contribution in [2.24, 2.45) is 0 Å². The van der Waals surface area contributed by atoms with Gasteiger partial charge in [0.1, 0.15) is 11.6 Å². The second-order valence-electron chi connectivity index (χ2n) is 3.54. The Labute approximate surface area is 90.8 Å². The van der Waals surface area contributed by atoms with E-state index in [1.54, 1.807) is 0 Å². The van der Waals surface area contributed by atoms with Gasteiger partial charge in [-0.15, -0.1) is 0 Å². The lowest BCUT2D eigenvalue weighted by Gasteiger charge is -2.16. The Morgan fingerprint density at radius 2 is 2.00 bits per heavy atom. The van der Waals surface area contributed by atoms with Gasteiger partial charge >= 0.3 is 6.18 Å². The molecule has 0 saturated carbocycles. The molecule has 1 aromatic heterocycles. The monoisotopic (exact) mass is 234 g/mol. The zero-order valence-electron chi connectivity index (χ0n) is 8.67. The molecule has 0 fully saturated rings. The lowest BCUT2D eigenvalue weighted by molar-refractivity contribution is -0.136. The molecule has 0 aromatic carbocycles. The maximum Gasteiger partial charge on any atom is 0.391 e. The van der Waals surface area contributed by atoms with E-state index in [0.29, 0.717) is 5.69 Å². The van der Waals surface area contributed by atoms with Crippen molar-refractivity contribution in [3.05, 3.63) is 12.1 Å². The summed E-state index contributed by atoms with van der Waals surface area (Å²) in [6.07, 6.45) is -5.13. The molecule has 1 rings (SSSR count). The molecule has 1 unspecified atom stereocenters. The van der Waals surface area contributed by atoms with Gasteiger partial charge in [-0.1, -0.05) is 0 Å². The van der Waals surface area contributed by atoms with Gasteiger partial charge in [0.2, 0.25) is 0 Å². The van der Waals surface area contributed by atoms with Crippen LogP contribution < -0.4 is 16.8 Å². The number of anilines is 3. The molecule has 0 aliphatic heterocycles. The first kappa shape index (κ1) is 12.4. The third-order valence-electron chi connectivity index (χ3n) is 1.89. The Balaban J connectivity index is 2.63. The number of aromatic nitrogens is 1. The van der Waals surface area contributed by atoms with E-state index < -0.39 is 18.6 Å². The number of halogens is 3. The SMILES string of the molecule is CC(CC(F)(F)F)Nc1ccc(N)c(N)n1. The average molecular weight is 234 g/mol. The molecule has 1 aromatic rings. The first-order chi connectivity index (χ1) is 7.28. The highest BCUT2D eigenvalue weighted by molar-refractivity contribution is 5.61. The van der Waals surface area contributed by atoms with Gasteiger partial charge in [-0.2, -0.15) is 13.2 Å². The maximum atomic E-state index is 12.0. The van der Waals surface area contributed by atoms with Crippen LogP contribution in [0.25, 0.3) is 0 Å². The van der Waals surface area contributed by atoms with Crippen LogP contribution in [0, 0.1) is 0 Å². The number of nitrogens with zero attached hydrogens (tertiary/aromatic N) is 1. The minimum absolute atomic E-state index is 0.101. The van der Waals surface area contributed by atoms with Crippen LogP contribution in [0.3, 0.4) is 0 Å². The van der Waals surface area contributed by atoms with Crippen molar-refractivity contribution in [2.45, 2.75) is 25.6 Å². The molecular formula is C9H13F3N4. The largest absolute Gasteiger partial charge is 0.396 e. The molecule has 4 nitrogen and oxygen atoms in total. The molecule has 1 heterocycles. The summed E-state index contributed by atoms with van der Waals surface area (Å²) < 4.78 is 36.1. The Kier molecular flexibility index (Phi) is 3.46. The van der Waals surface area contributed by atoms with Gasteiger partial charge in [0.15, 0.2) is 0 Å². The molecule has 0 saturated heterocycles. The molecule has 1 atom stereocenters. The van der Waals surface area contributed by atoms with Gasteiger partial charge in [0, 0.05) is 6.04 Å². The van der Waals surface area contributed by atoms with Gasteiger partial charge in [0.25, 0.3) is 0 Å². The van der Waals surface area contributed by atoms with E-state index in [4.69, 9.17) is 11.5 Å². The van der Waals surface area contributed by atoms with Gasteiger partial charge in [0.05, 0.1) is 12.1 Å². The Bertz CT molecular complexity index is 364. The fraction of sp³-hybridized carbons (Fsp3) is 0.444. The third-order valence-corrected chi connectivity index (χ3v) is 1.89. The molecule has 90 valence electrons. The predicted molar refractivity (Wildman–Crippen MR) is 56.8 cm³/mol. The summed E-state index contributed by atoms with van der Waals surface area (Å²) in [5.74, 6) is 0.382. The van der Waals surface area contributed by atoms with E-state index >= 15 is 0 Å². The molecule has 5 N–H and O–H groups in total. The van der Waals surface area contributed by atoms with Crippen molar-refractivity contribution in [1.29, 1.82) is 0 Å². The van der Waals surface area contributed by atoms with Crippen LogP contribution in [-0.2, 0) is 0 Å². The lowest BCUT2D eigenvalue weighted by atomic mass is 10.2. The van der Waals surface area contributed by atoms with Crippen LogP contribution in [0.5, 0.6) is 0 Å². The van der Waals surface area contributed by atoms with E-state index in [1.807, 2.05) is 0 Å². The maximum absolute atomic E-state index is 12.0. The number of alkyl halides is 3. The minimum Gasteiger partial charge on any atom is -0.396 e. The van der Waals surface area contributed by atoms with E-state index in [-0.39, 0.29) is 11.6 Å². The van der Waals surface area contributed by atoms with E-state index in [9.17, 15) is 13.2 Å². The number of hydrogen-bond acceptors (Lipinski definition) is 4. The summed E-state index contributed by atoms with van der Waals surface area (Å²) >= 11 is 0. The van der Waals surface area contributed by atoms with Crippen molar-refractivity contribution in [1.82, 2.24) is 4.98 Å².